The molecule has 4 nitrogen and oxygen atoms in total. The van der Waals surface area contributed by atoms with Crippen molar-refractivity contribution in [3.63, 3.8) is 0 Å². The van der Waals surface area contributed by atoms with Gasteiger partial charge < -0.3 is 9.32 Å². The highest BCUT2D eigenvalue weighted by Gasteiger charge is 2.35. The van der Waals surface area contributed by atoms with E-state index >= 15 is 0 Å². The summed E-state index contributed by atoms with van der Waals surface area (Å²) in [7, 11) is 0. The van der Waals surface area contributed by atoms with E-state index < -0.39 is 0 Å². The summed E-state index contributed by atoms with van der Waals surface area (Å²) in [4.78, 5) is 19.5. The van der Waals surface area contributed by atoms with Crippen LogP contribution in [-0.4, -0.2) is 22.3 Å². The molecule has 2 aliphatic rings. The van der Waals surface area contributed by atoms with Gasteiger partial charge in [-0.15, -0.1) is 0 Å². The van der Waals surface area contributed by atoms with Crippen molar-refractivity contribution < 1.29 is 13.6 Å². The van der Waals surface area contributed by atoms with Crippen molar-refractivity contribution in [1.29, 1.82) is 0 Å². The normalized spacial score (nSPS) is 21.4. The Morgan fingerprint density at radius 3 is 2.70 bits per heavy atom. The number of nitrogens with zero attached hydrogens (tertiary/aromatic N) is 2. The SMILES string of the molecule is O=C(C1CCCCC1)N1CCCC[C@@H]1c1ncc(Cc2ccccc2F)o1. The van der Waals surface area contributed by atoms with E-state index in [-0.39, 0.29) is 23.7 Å². The topological polar surface area (TPSA) is 46.3 Å². The lowest BCUT2D eigenvalue weighted by Crippen LogP contribution is -2.42. The monoisotopic (exact) mass is 370 g/mol. The predicted molar refractivity (Wildman–Crippen MR) is 101 cm³/mol. The highest BCUT2D eigenvalue weighted by atomic mass is 19.1. The molecule has 0 spiro atoms. The number of halogens is 1. The average molecular weight is 370 g/mol. The van der Waals surface area contributed by atoms with E-state index in [0.717, 1.165) is 51.5 Å². The van der Waals surface area contributed by atoms with Crippen molar-refractivity contribution in [3.05, 3.63) is 53.5 Å². The summed E-state index contributed by atoms with van der Waals surface area (Å²) < 4.78 is 19.9. The number of oxazole rings is 1. The summed E-state index contributed by atoms with van der Waals surface area (Å²) >= 11 is 0. The van der Waals surface area contributed by atoms with Crippen LogP contribution >= 0.6 is 0 Å². The van der Waals surface area contributed by atoms with Gasteiger partial charge in [0.05, 0.1) is 6.20 Å². The Kier molecular flexibility index (Phi) is 5.55. The van der Waals surface area contributed by atoms with Crippen LogP contribution in [0.5, 0.6) is 0 Å². The number of hydrogen-bond donors (Lipinski definition) is 0. The molecule has 5 heteroatoms. The molecule has 4 rings (SSSR count). The molecule has 1 atom stereocenters. The maximum Gasteiger partial charge on any atom is 0.226 e. The third-order valence-corrected chi connectivity index (χ3v) is 5.92. The first-order chi connectivity index (χ1) is 13.2. The average Bonchev–Trinajstić information content (AvgIpc) is 3.18. The van der Waals surface area contributed by atoms with Gasteiger partial charge in [-0.25, -0.2) is 9.37 Å². The molecular weight excluding hydrogens is 343 g/mol. The standard InChI is InChI=1S/C22H27FN2O2/c23-19-11-5-4-10-17(19)14-18-15-24-21(27-18)20-12-6-7-13-25(20)22(26)16-8-2-1-3-9-16/h4-5,10-11,15-16,20H,1-3,6-9,12-14H2/t20-/m1/s1. The van der Waals surface area contributed by atoms with Crippen LogP contribution in [0.3, 0.4) is 0 Å². The van der Waals surface area contributed by atoms with Gasteiger partial charge in [-0.05, 0) is 43.7 Å². The molecule has 0 unspecified atom stereocenters. The maximum atomic E-state index is 13.9. The van der Waals surface area contributed by atoms with Crippen LogP contribution in [0.1, 0.15) is 74.6 Å². The zero-order valence-corrected chi connectivity index (χ0v) is 15.7. The number of rotatable bonds is 4. The molecular formula is C22H27FN2O2. The maximum absolute atomic E-state index is 13.9. The molecule has 144 valence electrons. The third-order valence-electron chi connectivity index (χ3n) is 5.92. The van der Waals surface area contributed by atoms with Gasteiger partial charge in [0, 0.05) is 18.9 Å². The van der Waals surface area contributed by atoms with Crippen LogP contribution in [0.25, 0.3) is 0 Å². The van der Waals surface area contributed by atoms with Crippen molar-refractivity contribution in [2.45, 2.75) is 63.8 Å². The number of piperidine rings is 1. The molecule has 0 bridgehead atoms. The molecule has 1 aromatic carbocycles. The van der Waals surface area contributed by atoms with Crippen LogP contribution in [0.4, 0.5) is 4.39 Å². The fourth-order valence-electron chi connectivity index (χ4n) is 4.42. The Morgan fingerprint density at radius 1 is 1.11 bits per heavy atom. The molecule has 2 heterocycles. The van der Waals surface area contributed by atoms with Gasteiger partial charge in [-0.2, -0.15) is 0 Å². The van der Waals surface area contributed by atoms with Gasteiger partial charge in [-0.1, -0.05) is 37.5 Å². The fourth-order valence-corrected chi connectivity index (χ4v) is 4.42. The number of carbonyl (C=O) groups excluding carboxylic acids is 1. The molecule has 0 N–H and O–H groups in total. The zero-order chi connectivity index (χ0) is 18.6. The van der Waals surface area contributed by atoms with Crippen molar-refractivity contribution in [2.24, 2.45) is 5.92 Å². The van der Waals surface area contributed by atoms with E-state index in [2.05, 4.69) is 4.98 Å². The van der Waals surface area contributed by atoms with Gasteiger partial charge in [0.1, 0.15) is 17.6 Å². The van der Waals surface area contributed by atoms with E-state index in [4.69, 9.17) is 4.42 Å². The van der Waals surface area contributed by atoms with E-state index in [1.54, 1.807) is 18.3 Å². The van der Waals surface area contributed by atoms with Crippen LogP contribution < -0.4 is 0 Å². The number of aromatic nitrogens is 1. The largest absolute Gasteiger partial charge is 0.443 e. The number of carbonyl (C=O) groups is 1. The molecule has 27 heavy (non-hydrogen) atoms. The second-order valence-electron chi connectivity index (χ2n) is 7.81. The quantitative estimate of drug-likeness (QED) is 0.757. The molecule has 1 saturated carbocycles. The lowest BCUT2D eigenvalue weighted by atomic mass is 9.87. The highest BCUT2D eigenvalue weighted by Crippen LogP contribution is 2.35. The first-order valence-corrected chi connectivity index (χ1v) is 10.2. The van der Waals surface area contributed by atoms with E-state index in [0.29, 0.717) is 23.6 Å². The lowest BCUT2D eigenvalue weighted by Gasteiger charge is -2.37. The Balaban J connectivity index is 1.49. The van der Waals surface area contributed by atoms with Crippen molar-refractivity contribution in [1.82, 2.24) is 9.88 Å². The minimum Gasteiger partial charge on any atom is -0.443 e. The smallest absolute Gasteiger partial charge is 0.226 e. The zero-order valence-electron chi connectivity index (χ0n) is 15.7. The molecule has 2 aromatic rings. The first-order valence-electron chi connectivity index (χ1n) is 10.2. The highest BCUT2D eigenvalue weighted by molar-refractivity contribution is 5.79. The van der Waals surface area contributed by atoms with E-state index in [9.17, 15) is 9.18 Å². The minimum absolute atomic E-state index is 0.0810. The molecule has 2 fully saturated rings. The predicted octanol–water partition coefficient (Wildman–Crippen LogP) is 5.04. The number of benzene rings is 1. The van der Waals surface area contributed by atoms with Crippen molar-refractivity contribution in [3.8, 4) is 0 Å². The summed E-state index contributed by atoms with van der Waals surface area (Å²) in [6, 6.07) is 6.64. The fraction of sp³-hybridized carbons (Fsp3) is 0.545. The Morgan fingerprint density at radius 2 is 1.89 bits per heavy atom. The molecule has 1 aliphatic carbocycles. The third kappa shape index (κ3) is 4.07. The summed E-state index contributed by atoms with van der Waals surface area (Å²) in [5.41, 5.74) is 0.596. The van der Waals surface area contributed by atoms with E-state index in [1.165, 1.54) is 12.5 Å². The molecule has 0 radical (unpaired) electrons. The molecule has 1 saturated heterocycles. The number of amides is 1. The van der Waals surface area contributed by atoms with Gasteiger partial charge in [0.2, 0.25) is 11.8 Å². The molecule has 1 amide bonds. The lowest BCUT2D eigenvalue weighted by molar-refractivity contribution is -0.141. The van der Waals surface area contributed by atoms with Crippen LogP contribution in [0.15, 0.2) is 34.9 Å². The number of hydrogen-bond acceptors (Lipinski definition) is 3. The van der Waals surface area contributed by atoms with Gasteiger partial charge >= 0.3 is 0 Å². The van der Waals surface area contributed by atoms with Crippen LogP contribution in [-0.2, 0) is 11.2 Å². The minimum atomic E-state index is -0.234. The summed E-state index contributed by atoms with van der Waals surface area (Å²) in [6.07, 6.45) is 10.6. The Labute approximate surface area is 159 Å². The summed E-state index contributed by atoms with van der Waals surface area (Å²) in [5, 5.41) is 0. The van der Waals surface area contributed by atoms with Gasteiger partial charge in [0.15, 0.2) is 0 Å². The van der Waals surface area contributed by atoms with Gasteiger partial charge in [-0.3, -0.25) is 4.79 Å². The second-order valence-corrected chi connectivity index (χ2v) is 7.81. The van der Waals surface area contributed by atoms with E-state index in [1.807, 2.05) is 11.0 Å². The van der Waals surface area contributed by atoms with Crippen molar-refractivity contribution >= 4 is 5.91 Å². The summed E-state index contributed by atoms with van der Waals surface area (Å²) in [5.74, 6) is 1.44. The molecule has 1 aromatic heterocycles. The number of likely N-dealkylation sites (tertiary alicyclic amines) is 1. The van der Waals surface area contributed by atoms with Crippen LogP contribution in [0.2, 0.25) is 0 Å². The Bertz CT molecular complexity index is 782. The summed E-state index contributed by atoms with van der Waals surface area (Å²) in [6.45, 7) is 0.783. The van der Waals surface area contributed by atoms with Crippen molar-refractivity contribution in [2.75, 3.05) is 6.54 Å². The Hall–Kier alpha value is -2.17. The second kappa shape index (κ2) is 8.24. The first kappa shape index (κ1) is 18.2. The molecule has 1 aliphatic heterocycles. The van der Waals surface area contributed by atoms with Crippen LogP contribution in [0, 0.1) is 11.7 Å². The van der Waals surface area contributed by atoms with Gasteiger partial charge in [0.25, 0.3) is 0 Å².